The maximum absolute atomic E-state index is 5.68. The number of ether oxygens (including phenoxy) is 3. The molecule has 0 N–H and O–H groups in total. The fourth-order valence-electron chi connectivity index (χ4n) is 2.98. The van der Waals surface area contributed by atoms with Crippen molar-refractivity contribution in [1.82, 2.24) is 0 Å². The molecule has 3 nitrogen and oxygen atoms in total. The highest BCUT2D eigenvalue weighted by atomic mass is 16.5. The van der Waals surface area contributed by atoms with Crippen LogP contribution in [0.5, 0.6) is 0 Å². The summed E-state index contributed by atoms with van der Waals surface area (Å²) >= 11 is 0. The molecule has 0 unspecified atom stereocenters. The van der Waals surface area contributed by atoms with Gasteiger partial charge in [-0.05, 0) is 12.8 Å². The molecule has 0 aliphatic carbocycles. The molecule has 0 aromatic heterocycles. The van der Waals surface area contributed by atoms with E-state index in [4.69, 9.17) is 4.74 Å². The van der Waals surface area contributed by atoms with Crippen molar-refractivity contribution in [3.05, 3.63) is 0 Å². The molecule has 0 aromatic carbocycles. The van der Waals surface area contributed by atoms with Crippen LogP contribution in [-0.2, 0) is 14.2 Å². The zero-order chi connectivity index (χ0) is 17.6. The lowest BCUT2D eigenvalue weighted by molar-refractivity contribution is 0.103. The van der Waals surface area contributed by atoms with Crippen molar-refractivity contribution >= 4 is 0 Å². The van der Waals surface area contributed by atoms with Crippen LogP contribution in [0.15, 0.2) is 0 Å². The smallest absolute Gasteiger partial charge is 0.0696 e. The van der Waals surface area contributed by atoms with Gasteiger partial charge in [-0.3, -0.25) is 0 Å². The lowest BCUT2D eigenvalue weighted by Crippen LogP contribution is -1.97. The molecule has 0 amide bonds. The molecule has 1 heterocycles. The van der Waals surface area contributed by atoms with Gasteiger partial charge in [0.2, 0.25) is 0 Å². The lowest BCUT2D eigenvalue weighted by Gasteiger charge is -2.06. The largest absolute Gasteiger partial charge is 0.382 e. The minimum Gasteiger partial charge on any atom is -0.382 e. The van der Waals surface area contributed by atoms with E-state index in [1.165, 1.54) is 96.3 Å². The van der Waals surface area contributed by atoms with Gasteiger partial charge >= 0.3 is 0 Å². The van der Waals surface area contributed by atoms with Crippen LogP contribution in [-0.4, -0.2) is 40.6 Å². The first-order valence-corrected chi connectivity index (χ1v) is 10.5. The Bertz CT molecular complexity index is 130. The first kappa shape index (κ1) is 23.9. The summed E-state index contributed by atoms with van der Waals surface area (Å²) in [4.78, 5) is 0. The van der Waals surface area contributed by atoms with Crippen molar-refractivity contribution in [1.29, 1.82) is 0 Å². The molecule has 0 saturated carbocycles. The molecule has 1 saturated heterocycles. The molecule has 24 heavy (non-hydrogen) atoms. The summed E-state index contributed by atoms with van der Waals surface area (Å²) in [6.45, 7) is 3.38. The van der Waals surface area contributed by atoms with Crippen LogP contribution in [0.4, 0.5) is 0 Å². The molecule has 0 radical (unpaired) electrons. The van der Waals surface area contributed by atoms with Crippen molar-refractivity contribution in [2.45, 2.75) is 96.3 Å². The van der Waals surface area contributed by atoms with Gasteiger partial charge in [-0.1, -0.05) is 83.5 Å². The molecule has 0 bridgehead atoms. The molecule has 0 aromatic rings. The van der Waals surface area contributed by atoms with Gasteiger partial charge in [-0.25, -0.2) is 0 Å². The fourth-order valence-corrected chi connectivity index (χ4v) is 2.98. The lowest BCUT2D eigenvalue weighted by atomic mass is 10.0. The van der Waals surface area contributed by atoms with Crippen LogP contribution >= 0.6 is 0 Å². The van der Waals surface area contributed by atoms with E-state index >= 15 is 0 Å². The Morgan fingerprint density at radius 2 is 0.708 bits per heavy atom. The first-order valence-electron chi connectivity index (χ1n) is 10.5. The Labute approximate surface area is 151 Å². The van der Waals surface area contributed by atoms with E-state index in [2.05, 4.69) is 9.47 Å². The zero-order valence-electron chi connectivity index (χ0n) is 16.7. The van der Waals surface area contributed by atoms with E-state index in [0.717, 1.165) is 13.2 Å². The molecule has 0 atom stereocenters. The molecule has 146 valence electrons. The third-order valence-electron chi connectivity index (χ3n) is 4.57. The molecule has 3 heteroatoms. The molecule has 1 fully saturated rings. The number of hydrogen-bond acceptors (Lipinski definition) is 3. The molecular weight excluding hydrogens is 300 g/mol. The van der Waals surface area contributed by atoms with Crippen molar-refractivity contribution in [3.63, 3.8) is 0 Å². The van der Waals surface area contributed by atoms with E-state index in [9.17, 15) is 0 Å². The van der Waals surface area contributed by atoms with Crippen molar-refractivity contribution in [3.8, 4) is 0 Å². The summed E-state index contributed by atoms with van der Waals surface area (Å²) in [6, 6.07) is 0. The number of methoxy groups -OCH3 is 2. The highest BCUT2D eigenvalue weighted by molar-refractivity contribution is 4.50. The molecule has 1 rings (SSSR count). The minimum atomic E-state index is 0.691. The van der Waals surface area contributed by atoms with Crippen LogP contribution in [0.3, 0.4) is 0 Å². The topological polar surface area (TPSA) is 27.7 Å². The van der Waals surface area contributed by atoms with Gasteiger partial charge in [-0.2, -0.15) is 0 Å². The second-order valence-corrected chi connectivity index (χ2v) is 6.90. The van der Waals surface area contributed by atoms with Crippen LogP contribution in [0.25, 0.3) is 0 Å². The van der Waals surface area contributed by atoms with Gasteiger partial charge in [0.05, 0.1) is 13.2 Å². The van der Waals surface area contributed by atoms with Gasteiger partial charge in [0.25, 0.3) is 0 Å². The Morgan fingerprint density at radius 1 is 0.458 bits per heavy atom. The summed E-state index contributed by atoms with van der Waals surface area (Å²) in [5.74, 6) is 0. The summed E-state index contributed by atoms with van der Waals surface area (Å²) in [5.41, 5.74) is 0. The summed E-state index contributed by atoms with van der Waals surface area (Å²) in [7, 11) is 3.30. The zero-order valence-corrected chi connectivity index (χ0v) is 16.7. The van der Waals surface area contributed by atoms with E-state index in [-0.39, 0.29) is 0 Å². The molecular formula is C21H44O3. The Morgan fingerprint density at radius 3 is 0.958 bits per heavy atom. The predicted octanol–water partition coefficient (Wildman–Crippen LogP) is 6.15. The van der Waals surface area contributed by atoms with Crippen molar-refractivity contribution in [2.24, 2.45) is 0 Å². The monoisotopic (exact) mass is 344 g/mol. The van der Waals surface area contributed by atoms with E-state index in [1.807, 2.05) is 0 Å². The van der Waals surface area contributed by atoms with E-state index in [0.29, 0.717) is 13.2 Å². The highest BCUT2D eigenvalue weighted by Crippen LogP contribution is 2.13. The van der Waals surface area contributed by atoms with Gasteiger partial charge in [-0.15, -0.1) is 0 Å². The Balaban J connectivity index is 0.000000754. The minimum absolute atomic E-state index is 0.691. The van der Waals surface area contributed by atoms with Crippen LogP contribution in [0, 0.1) is 0 Å². The van der Waals surface area contributed by atoms with Gasteiger partial charge < -0.3 is 14.2 Å². The van der Waals surface area contributed by atoms with Crippen LogP contribution in [0.2, 0.25) is 0 Å². The SMILES string of the molecule is C1CCCCCCCCOCCCCCCCC1.COCCOC. The second kappa shape index (κ2) is 22.9. The summed E-state index contributed by atoms with van der Waals surface area (Å²) < 4.78 is 15.0. The quantitative estimate of drug-likeness (QED) is 0.575. The van der Waals surface area contributed by atoms with Gasteiger partial charge in [0.15, 0.2) is 0 Å². The average molecular weight is 345 g/mol. The van der Waals surface area contributed by atoms with E-state index < -0.39 is 0 Å². The number of rotatable bonds is 3. The predicted molar refractivity (Wildman–Crippen MR) is 104 cm³/mol. The second-order valence-electron chi connectivity index (χ2n) is 6.90. The third kappa shape index (κ3) is 21.9. The maximum atomic E-state index is 5.68. The van der Waals surface area contributed by atoms with Crippen LogP contribution < -0.4 is 0 Å². The van der Waals surface area contributed by atoms with Crippen molar-refractivity contribution in [2.75, 3.05) is 40.6 Å². The fraction of sp³-hybridized carbons (Fsp3) is 1.00. The third-order valence-corrected chi connectivity index (χ3v) is 4.57. The van der Waals surface area contributed by atoms with Crippen molar-refractivity contribution < 1.29 is 14.2 Å². The van der Waals surface area contributed by atoms with E-state index in [1.54, 1.807) is 14.2 Å². The summed E-state index contributed by atoms with van der Waals surface area (Å²) in [5, 5.41) is 0. The summed E-state index contributed by atoms with van der Waals surface area (Å²) in [6.07, 6.45) is 21.3. The standard InChI is InChI=1S/C17H34O.C4H10O2/c1-2-4-6-8-10-12-14-16-18-17-15-13-11-9-7-5-3-1;1-5-3-4-6-2/h1-17H2;3-4H2,1-2H3. The number of hydrogen-bond donors (Lipinski definition) is 0. The molecule has 1 aliphatic rings. The molecule has 0 spiro atoms. The maximum Gasteiger partial charge on any atom is 0.0696 e. The van der Waals surface area contributed by atoms with Gasteiger partial charge in [0.1, 0.15) is 0 Å². The normalized spacial score (nSPS) is 20.2. The van der Waals surface area contributed by atoms with Crippen LogP contribution in [0.1, 0.15) is 96.3 Å². The van der Waals surface area contributed by atoms with Gasteiger partial charge in [0, 0.05) is 27.4 Å². The molecule has 1 aliphatic heterocycles. The average Bonchev–Trinajstić information content (AvgIpc) is 2.60. The Hall–Kier alpha value is -0.120. The highest BCUT2D eigenvalue weighted by Gasteiger charge is 1.96. The Kier molecular flexibility index (Phi) is 22.8. The first-order chi connectivity index (χ1) is 11.9.